The van der Waals surface area contributed by atoms with Gasteiger partial charge in [0.1, 0.15) is 0 Å². The Bertz CT molecular complexity index is 1840. The van der Waals surface area contributed by atoms with E-state index in [1.807, 2.05) is 0 Å². The number of anilines is 1. The molecular formula is C56H81NO8. The summed E-state index contributed by atoms with van der Waals surface area (Å²) in [7, 11) is 0. The van der Waals surface area contributed by atoms with Crippen molar-refractivity contribution < 1.29 is 38.1 Å². The van der Waals surface area contributed by atoms with E-state index in [0.29, 0.717) is 48.1 Å². The molecule has 0 aliphatic carbocycles. The van der Waals surface area contributed by atoms with Gasteiger partial charge < -0.3 is 18.9 Å². The summed E-state index contributed by atoms with van der Waals surface area (Å²) in [6, 6.07) is 9.55. The predicted molar refractivity (Wildman–Crippen MR) is 263 cm³/mol. The monoisotopic (exact) mass is 896 g/mol. The number of carbonyl (C=O) groups excluding carboxylic acids is 4. The molecule has 9 heteroatoms. The van der Waals surface area contributed by atoms with Crippen LogP contribution < -0.4 is 19.1 Å². The molecule has 5 rings (SSSR count). The normalized spacial score (nSPS) is 13.2. The van der Waals surface area contributed by atoms with Crippen LogP contribution in [0.2, 0.25) is 0 Å². The maximum absolute atomic E-state index is 14.5. The lowest BCUT2D eigenvalue weighted by Gasteiger charge is -2.30. The average Bonchev–Trinajstić information content (AvgIpc) is 3.30. The number of unbranched alkanes of at least 4 members (excludes halogenated alkanes) is 27. The number of hydrogen-bond acceptors (Lipinski definition) is 8. The lowest BCUT2D eigenvalue weighted by molar-refractivity contribution is 0.0390. The molecule has 0 aromatic heterocycles. The molecule has 3 aromatic rings. The minimum Gasteiger partial charge on any atom is -0.489 e. The summed E-state index contributed by atoms with van der Waals surface area (Å²) >= 11 is 0. The second kappa shape index (κ2) is 29.3. The fourth-order valence-electron chi connectivity index (χ4n) is 9.31. The number of cyclic esters (lactones) is 2. The highest BCUT2D eigenvalue weighted by molar-refractivity contribution is 6.38. The fourth-order valence-corrected chi connectivity index (χ4v) is 9.31. The van der Waals surface area contributed by atoms with Gasteiger partial charge in [0.05, 0.1) is 36.6 Å². The Kier molecular flexibility index (Phi) is 23.2. The maximum Gasteiger partial charge on any atom is 0.346 e. The molecule has 0 N–H and O–H groups in total. The molecule has 0 atom stereocenters. The van der Waals surface area contributed by atoms with E-state index < -0.39 is 23.8 Å². The van der Waals surface area contributed by atoms with E-state index in [2.05, 4.69) is 20.8 Å². The Balaban J connectivity index is 1.34. The third-order valence-corrected chi connectivity index (χ3v) is 13.2. The Morgan fingerprint density at radius 1 is 0.385 bits per heavy atom. The highest BCUT2D eigenvalue weighted by atomic mass is 16.6. The van der Waals surface area contributed by atoms with E-state index in [0.717, 1.165) is 56.3 Å². The van der Waals surface area contributed by atoms with Crippen LogP contribution in [0.15, 0.2) is 36.4 Å². The molecule has 0 unspecified atom stereocenters. The second-order valence-electron chi connectivity index (χ2n) is 18.6. The lowest BCUT2D eigenvalue weighted by Crippen LogP contribution is -2.41. The second-order valence-corrected chi connectivity index (χ2v) is 18.6. The summed E-state index contributed by atoms with van der Waals surface area (Å²) in [6.45, 7) is 8.19. The topological polar surface area (TPSA) is 108 Å². The van der Waals surface area contributed by atoms with Crippen molar-refractivity contribution in [3.63, 3.8) is 0 Å². The SMILES string of the molecule is CCCCCCCCCCCCOc1cc(N2C(=O)c3ccc4c5c(ccc(c35)C2=O)C(=O)OC4=O)cc(OCCCCCCCCCCCC)c1OCCCCCCCCCCCC. The van der Waals surface area contributed by atoms with Crippen molar-refractivity contribution in [1.82, 2.24) is 0 Å². The van der Waals surface area contributed by atoms with Crippen LogP contribution in [0, 0.1) is 0 Å². The fraction of sp³-hybridized carbons (Fsp3) is 0.643. The highest BCUT2D eigenvalue weighted by Gasteiger charge is 2.39. The van der Waals surface area contributed by atoms with Gasteiger partial charge in [0.2, 0.25) is 5.75 Å². The van der Waals surface area contributed by atoms with Crippen LogP contribution >= 0.6 is 0 Å². The molecule has 2 heterocycles. The molecule has 2 aliphatic heterocycles. The molecule has 0 radical (unpaired) electrons. The van der Waals surface area contributed by atoms with Crippen LogP contribution in [0.5, 0.6) is 17.2 Å². The van der Waals surface area contributed by atoms with Gasteiger partial charge in [-0.05, 0) is 43.5 Å². The number of benzene rings is 3. The van der Waals surface area contributed by atoms with Crippen LogP contribution in [0.3, 0.4) is 0 Å². The van der Waals surface area contributed by atoms with Crippen LogP contribution in [0.4, 0.5) is 5.69 Å². The van der Waals surface area contributed by atoms with Gasteiger partial charge in [-0.15, -0.1) is 0 Å². The van der Waals surface area contributed by atoms with E-state index in [-0.39, 0.29) is 27.6 Å². The highest BCUT2D eigenvalue weighted by Crippen LogP contribution is 2.45. The third kappa shape index (κ3) is 15.6. The molecule has 2 amide bonds. The third-order valence-electron chi connectivity index (χ3n) is 13.2. The van der Waals surface area contributed by atoms with Gasteiger partial charge in [-0.3, -0.25) is 9.59 Å². The van der Waals surface area contributed by atoms with Crippen LogP contribution in [-0.4, -0.2) is 43.6 Å². The zero-order valence-electron chi connectivity index (χ0n) is 40.5. The molecule has 2 aliphatic rings. The van der Waals surface area contributed by atoms with Crippen molar-refractivity contribution in [2.45, 2.75) is 213 Å². The van der Waals surface area contributed by atoms with Crippen molar-refractivity contribution in [2.75, 3.05) is 24.7 Å². The van der Waals surface area contributed by atoms with Gasteiger partial charge in [0.25, 0.3) is 11.8 Å². The standard InChI is InChI=1S/C56H81NO8/c1-4-7-10-13-16-19-22-25-28-31-38-62-48-41-43(57-53(58)44-34-36-46-51-47(56(61)65-55(46)60)37-35-45(50(44)51)54(57)59)42-49(63-39-32-29-26-23-20-17-14-11-8-5-2)52(48)64-40-33-30-27-24-21-18-15-12-9-6-3/h34-37,41-42H,4-33,38-40H2,1-3H3. The zero-order chi connectivity index (χ0) is 46.1. The van der Waals surface area contributed by atoms with Crippen LogP contribution in [-0.2, 0) is 4.74 Å². The quantitative estimate of drug-likeness (QED) is 0.0244. The Morgan fingerprint density at radius 2 is 0.677 bits per heavy atom. The van der Waals surface area contributed by atoms with E-state index in [1.165, 1.54) is 153 Å². The van der Waals surface area contributed by atoms with Crippen molar-refractivity contribution in [3.8, 4) is 17.2 Å². The zero-order valence-corrected chi connectivity index (χ0v) is 40.5. The van der Waals surface area contributed by atoms with Crippen molar-refractivity contribution in [1.29, 1.82) is 0 Å². The summed E-state index contributed by atoms with van der Waals surface area (Å²) < 4.78 is 24.7. The Labute approximate surface area is 391 Å². The average molecular weight is 896 g/mol. The maximum atomic E-state index is 14.5. The minimum absolute atomic E-state index is 0.156. The first-order chi connectivity index (χ1) is 31.9. The molecule has 0 bridgehead atoms. The first-order valence-electron chi connectivity index (χ1n) is 26.2. The summed E-state index contributed by atoms with van der Waals surface area (Å²) in [5.41, 5.74) is 1.08. The molecule has 65 heavy (non-hydrogen) atoms. The van der Waals surface area contributed by atoms with Gasteiger partial charge in [0.15, 0.2) is 11.5 Å². The Morgan fingerprint density at radius 3 is 1.03 bits per heavy atom. The largest absolute Gasteiger partial charge is 0.489 e. The number of ether oxygens (including phenoxy) is 4. The summed E-state index contributed by atoms with van der Waals surface area (Å²) in [5.74, 6) is -1.29. The number of amides is 2. The summed E-state index contributed by atoms with van der Waals surface area (Å²) in [6.07, 6.45) is 36.4. The van der Waals surface area contributed by atoms with Gasteiger partial charge in [-0.25, -0.2) is 14.5 Å². The van der Waals surface area contributed by atoms with E-state index in [4.69, 9.17) is 18.9 Å². The van der Waals surface area contributed by atoms with Crippen LogP contribution in [0.1, 0.15) is 255 Å². The molecule has 0 saturated heterocycles. The smallest absolute Gasteiger partial charge is 0.346 e. The molecule has 9 nitrogen and oxygen atoms in total. The molecule has 0 fully saturated rings. The van der Waals surface area contributed by atoms with Crippen molar-refractivity contribution in [3.05, 3.63) is 58.7 Å². The Hall–Kier alpha value is -4.40. The van der Waals surface area contributed by atoms with Crippen LogP contribution in [0.25, 0.3) is 10.8 Å². The van der Waals surface area contributed by atoms with Crippen molar-refractivity contribution >= 4 is 40.2 Å². The van der Waals surface area contributed by atoms with E-state index in [1.54, 1.807) is 24.3 Å². The number of esters is 2. The lowest BCUT2D eigenvalue weighted by atomic mass is 9.87. The number of nitrogens with zero attached hydrogens (tertiary/aromatic N) is 1. The van der Waals surface area contributed by atoms with Crippen molar-refractivity contribution in [2.24, 2.45) is 0 Å². The van der Waals surface area contributed by atoms with E-state index >= 15 is 0 Å². The number of carbonyl (C=O) groups is 4. The van der Waals surface area contributed by atoms with Gasteiger partial charge in [-0.2, -0.15) is 0 Å². The predicted octanol–water partition coefficient (Wildman–Crippen LogP) is 15.9. The first-order valence-corrected chi connectivity index (χ1v) is 26.2. The molecule has 0 spiro atoms. The number of rotatable bonds is 37. The van der Waals surface area contributed by atoms with Gasteiger partial charge in [0, 0.05) is 34.0 Å². The molecular weight excluding hydrogens is 815 g/mol. The molecule has 358 valence electrons. The van der Waals surface area contributed by atoms with Gasteiger partial charge >= 0.3 is 11.9 Å². The van der Waals surface area contributed by atoms with E-state index in [9.17, 15) is 19.2 Å². The number of hydrogen-bond donors (Lipinski definition) is 0. The molecule has 3 aromatic carbocycles. The summed E-state index contributed by atoms with van der Waals surface area (Å²) in [4.78, 5) is 55.6. The summed E-state index contributed by atoms with van der Waals surface area (Å²) in [5, 5.41) is 0.571. The minimum atomic E-state index is -0.796. The van der Waals surface area contributed by atoms with Gasteiger partial charge in [-0.1, -0.05) is 194 Å². The number of imide groups is 1. The molecule has 0 saturated carbocycles. The first kappa shape index (κ1) is 51.6.